The fourth-order valence-electron chi connectivity index (χ4n) is 3.83. The minimum atomic E-state index is -0.387. The summed E-state index contributed by atoms with van der Waals surface area (Å²) < 4.78 is 0. The summed E-state index contributed by atoms with van der Waals surface area (Å²) >= 11 is 0. The third-order valence-corrected chi connectivity index (χ3v) is 5.41. The van der Waals surface area contributed by atoms with Gasteiger partial charge in [-0.25, -0.2) is 0 Å². The Morgan fingerprint density at radius 2 is 1.67 bits per heavy atom. The summed E-state index contributed by atoms with van der Waals surface area (Å²) in [6, 6.07) is 16.8. The van der Waals surface area contributed by atoms with Gasteiger partial charge in [0.2, 0.25) is 5.91 Å². The van der Waals surface area contributed by atoms with E-state index in [0.29, 0.717) is 12.5 Å². The van der Waals surface area contributed by atoms with Crippen molar-refractivity contribution in [2.75, 3.05) is 37.6 Å². The third-order valence-electron chi connectivity index (χ3n) is 5.41. The van der Waals surface area contributed by atoms with E-state index in [1.807, 2.05) is 18.2 Å². The lowest BCUT2D eigenvalue weighted by Crippen LogP contribution is -2.49. The number of anilines is 1. The normalized spacial score (nSPS) is 15.8. The van der Waals surface area contributed by atoms with Gasteiger partial charge in [-0.15, -0.1) is 0 Å². The molecule has 0 aliphatic carbocycles. The first-order valence-corrected chi connectivity index (χ1v) is 10.5. The highest BCUT2D eigenvalue weighted by molar-refractivity contribution is 5.78. The van der Waals surface area contributed by atoms with E-state index in [4.69, 9.17) is 0 Å². The number of nitrogens with one attached hydrogen (secondary N) is 1. The molecule has 1 atom stereocenters. The minimum Gasteiger partial charge on any atom is -0.369 e. The maximum absolute atomic E-state index is 12.7. The van der Waals surface area contributed by atoms with Gasteiger partial charge < -0.3 is 10.2 Å². The Hall–Kier alpha value is -2.93. The van der Waals surface area contributed by atoms with Gasteiger partial charge in [0.25, 0.3) is 5.69 Å². The molecule has 0 radical (unpaired) electrons. The number of nitrogens with zero attached hydrogens (tertiary/aromatic N) is 3. The number of non-ortho nitro benzene ring substituents is 1. The van der Waals surface area contributed by atoms with E-state index in [1.54, 1.807) is 12.1 Å². The van der Waals surface area contributed by atoms with Crippen LogP contribution in [0.25, 0.3) is 0 Å². The van der Waals surface area contributed by atoms with Gasteiger partial charge in [0.1, 0.15) is 0 Å². The van der Waals surface area contributed by atoms with Gasteiger partial charge in [-0.2, -0.15) is 0 Å². The molecule has 1 heterocycles. The summed E-state index contributed by atoms with van der Waals surface area (Å²) in [5.41, 5.74) is 2.22. The van der Waals surface area contributed by atoms with Crippen molar-refractivity contribution in [2.24, 2.45) is 5.92 Å². The molecule has 0 bridgehead atoms. The van der Waals surface area contributed by atoms with Crippen molar-refractivity contribution in [3.63, 3.8) is 0 Å². The molecule has 7 heteroatoms. The molecule has 0 unspecified atom stereocenters. The quantitative estimate of drug-likeness (QED) is 0.531. The molecule has 1 N–H and O–H groups in total. The topological polar surface area (TPSA) is 78.7 Å². The van der Waals surface area contributed by atoms with E-state index in [1.165, 1.54) is 12.1 Å². The Bertz CT molecular complexity index is 831. The molecule has 30 heavy (non-hydrogen) atoms. The van der Waals surface area contributed by atoms with Gasteiger partial charge >= 0.3 is 0 Å². The molecule has 3 rings (SSSR count). The molecule has 1 aliphatic rings. The second kappa shape index (κ2) is 10.2. The maximum atomic E-state index is 12.7. The lowest BCUT2D eigenvalue weighted by atomic mass is 9.97. The van der Waals surface area contributed by atoms with Gasteiger partial charge in [-0.05, 0) is 30.0 Å². The van der Waals surface area contributed by atoms with E-state index in [-0.39, 0.29) is 22.6 Å². The molecule has 0 saturated carbocycles. The van der Waals surface area contributed by atoms with Crippen molar-refractivity contribution in [1.29, 1.82) is 0 Å². The fraction of sp³-hybridized carbons (Fsp3) is 0.435. The second-order valence-electron chi connectivity index (χ2n) is 8.20. The first kappa shape index (κ1) is 21.8. The van der Waals surface area contributed by atoms with Crippen LogP contribution in [0.2, 0.25) is 0 Å². The summed E-state index contributed by atoms with van der Waals surface area (Å²) in [5, 5.41) is 14.0. The Kier molecular flexibility index (Phi) is 7.41. The minimum absolute atomic E-state index is 0.0279. The molecule has 1 saturated heterocycles. The first-order chi connectivity index (χ1) is 14.4. The highest BCUT2D eigenvalue weighted by atomic mass is 16.6. The molecule has 1 amide bonds. The lowest BCUT2D eigenvalue weighted by Gasteiger charge is -2.36. The van der Waals surface area contributed by atoms with Crippen LogP contribution in [0.5, 0.6) is 0 Å². The number of piperazine rings is 1. The van der Waals surface area contributed by atoms with Crippen molar-refractivity contribution in [3.8, 4) is 0 Å². The predicted octanol–water partition coefficient (Wildman–Crippen LogP) is 3.62. The number of benzene rings is 2. The van der Waals surface area contributed by atoms with E-state index in [0.717, 1.165) is 43.9 Å². The van der Waals surface area contributed by atoms with Crippen LogP contribution in [-0.2, 0) is 4.79 Å². The number of amides is 1. The summed E-state index contributed by atoms with van der Waals surface area (Å²) in [6.45, 7) is 7.86. The number of nitro groups is 1. The Morgan fingerprint density at radius 3 is 2.23 bits per heavy atom. The fourth-order valence-corrected chi connectivity index (χ4v) is 3.83. The maximum Gasteiger partial charge on any atom is 0.269 e. The third kappa shape index (κ3) is 6.03. The zero-order valence-electron chi connectivity index (χ0n) is 17.7. The molecular weight excluding hydrogens is 380 g/mol. The number of hydrogen-bond acceptors (Lipinski definition) is 5. The number of hydrogen-bond donors (Lipinski definition) is 1. The molecule has 1 fully saturated rings. The number of nitro benzene ring substituents is 1. The predicted molar refractivity (Wildman–Crippen MR) is 119 cm³/mol. The van der Waals surface area contributed by atoms with E-state index >= 15 is 0 Å². The van der Waals surface area contributed by atoms with Crippen LogP contribution in [0, 0.1) is 16.0 Å². The lowest BCUT2D eigenvalue weighted by molar-refractivity contribution is -0.384. The van der Waals surface area contributed by atoms with Crippen molar-refractivity contribution < 1.29 is 9.72 Å². The van der Waals surface area contributed by atoms with Crippen LogP contribution < -0.4 is 10.2 Å². The average Bonchev–Trinajstić information content (AvgIpc) is 2.74. The SMILES string of the molecule is CC(C)C[C@@H](NC(=O)CN1CCN(c2ccc([N+](=O)[O-])cc2)CC1)c1ccccc1. The average molecular weight is 411 g/mol. The zero-order valence-corrected chi connectivity index (χ0v) is 17.7. The van der Waals surface area contributed by atoms with Gasteiger partial charge in [0.05, 0.1) is 17.5 Å². The van der Waals surface area contributed by atoms with E-state index in [9.17, 15) is 14.9 Å². The van der Waals surface area contributed by atoms with Crippen LogP contribution in [0.4, 0.5) is 11.4 Å². The zero-order chi connectivity index (χ0) is 21.5. The number of carbonyl (C=O) groups is 1. The van der Waals surface area contributed by atoms with Crippen molar-refractivity contribution in [1.82, 2.24) is 10.2 Å². The molecule has 160 valence electrons. The van der Waals surface area contributed by atoms with Crippen LogP contribution in [-0.4, -0.2) is 48.5 Å². The van der Waals surface area contributed by atoms with Gasteiger partial charge in [0.15, 0.2) is 0 Å². The van der Waals surface area contributed by atoms with E-state index < -0.39 is 0 Å². The van der Waals surface area contributed by atoms with Gasteiger partial charge in [-0.1, -0.05) is 44.2 Å². The van der Waals surface area contributed by atoms with Crippen molar-refractivity contribution >= 4 is 17.3 Å². The summed E-state index contributed by atoms with van der Waals surface area (Å²) in [4.78, 5) is 27.5. The van der Waals surface area contributed by atoms with Crippen LogP contribution in [0.15, 0.2) is 54.6 Å². The first-order valence-electron chi connectivity index (χ1n) is 10.5. The smallest absolute Gasteiger partial charge is 0.269 e. The van der Waals surface area contributed by atoms with Crippen molar-refractivity contribution in [2.45, 2.75) is 26.3 Å². The monoisotopic (exact) mass is 410 g/mol. The Labute approximate surface area is 177 Å². The number of rotatable bonds is 8. The van der Waals surface area contributed by atoms with E-state index in [2.05, 4.69) is 41.1 Å². The standard InChI is InChI=1S/C23H30N4O3/c1-18(2)16-22(19-6-4-3-5-7-19)24-23(28)17-25-12-14-26(15-13-25)20-8-10-21(11-9-20)27(29)30/h3-11,18,22H,12-17H2,1-2H3,(H,24,28)/t22-/m1/s1. The molecular formula is C23H30N4O3. The van der Waals surface area contributed by atoms with Crippen LogP contribution in [0.3, 0.4) is 0 Å². The van der Waals surface area contributed by atoms with Crippen LogP contribution >= 0.6 is 0 Å². The molecule has 0 spiro atoms. The van der Waals surface area contributed by atoms with Crippen molar-refractivity contribution in [3.05, 3.63) is 70.3 Å². The van der Waals surface area contributed by atoms with Gasteiger partial charge in [0, 0.05) is 44.0 Å². The van der Waals surface area contributed by atoms with Gasteiger partial charge in [-0.3, -0.25) is 19.8 Å². The molecule has 0 aromatic heterocycles. The molecule has 2 aromatic carbocycles. The molecule has 7 nitrogen and oxygen atoms in total. The molecule has 2 aromatic rings. The highest BCUT2D eigenvalue weighted by Crippen LogP contribution is 2.22. The Morgan fingerprint density at radius 1 is 1.03 bits per heavy atom. The summed E-state index contributed by atoms with van der Waals surface area (Å²) in [6.07, 6.45) is 0.906. The highest BCUT2D eigenvalue weighted by Gasteiger charge is 2.22. The van der Waals surface area contributed by atoms with Crippen LogP contribution in [0.1, 0.15) is 31.9 Å². The summed E-state index contributed by atoms with van der Waals surface area (Å²) in [5.74, 6) is 0.536. The second-order valence-corrected chi connectivity index (χ2v) is 8.20. The number of carbonyl (C=O) groups excluding carboxylic acids is 1. The summed E-state index contributed by atoms with van der Waals surface area (Å²) in [7, 11) is 0. The molecule has 1 aliphatic heterocycles. The Balaban J connectivity index is 1.51. The largest absolute Gasteiger partial charge is 0.369 e.